The monoisotopic (exact) mass is 279 g/mol. The molecule has 0 spiro atoms. The molecule has 1 unspecified atom stereocenters. The van der Waals surface area contributed by atoms with E-state index in [1.54, 1.807) is 25.3 Å². The van der Waals surface area contributed by atoms with E-state index in [4.69, 9.17) is 9.47 Å². The summed E-state index contributed by atoms with van der Waals surface area (Å²) in [5, 5.41) is 0. The molecule has 1 aromatic rings. The van der Waals surface area contributed by atoms with Crippen molar-refractivity contribution < 1.29 is 14.3 Å². The molecule has 20 heavy (non-hydrogen) atoms. The molecule has 0 N–H and O–H groups in total. The zero-order chi connectivity index (χ0) is 14.7. The number of aromatic nitrogens is 1. The maximum absolute atomic E-state index is 12.2. The molecule has 0 amide bonds. The zero-order valence-corrected chi connectivity index (χ0v) is 12.3. The quantitative estimate of drug-likeness (QED) is 0.794. The van der Waals surface area contributed by atoms with Crippen molar-refractivity contribution in [3.8, 4) is 0 Å². The number of rotatable bonds is 3. The molecule has 0 aliphatic carbocycles. The third-order valence-electron chi connectivity index (χ3n) is 3.68. The van der Waals surface area contributed by atoms with Gasteiger partial charge in [0, 0.05) is 18.4 Å². The normalized spacial score (nSPS) is 18.9. The summed E-state index contributed by atoms with van der Waals surface area (Å²) in [5.41, 5.74) is 1.75. The first kappa shape index (κ1) is 14.8. The summed E-state index contributed by atoms with van der Waals surface area (Å²) < 4.78 is 12.2. The molecule has 1 aliphatic heterocycles. The second-order valence-corrected chi connectivity index (χ2v) is 5.09. The number of pyridine rings is 1. The number of carbonyl (C=O) groups is 1. The lowest BCUT2D eigenvalue weighted by Gasteiger charge is -2.27. The number of hydrogen-bond donors (Lipinski definition) is 0. The van der Waals surface area contributed by atoms with Gasteiger partial charge in [-0.15, -0.1) is 0 Å². The lowest BCUT2D eigenvalue weighted by molar-refractivity contribution is 0.0507. The molecule has 0 aromatic carbocycles. The van der Waals surface area contributed by atoms with E-state index in [1.807, 2.05) is 0 Å². The van der Waals surface area contributed by atoms with E-state index in [0.29, 0.717) is 30.0 Å². The Labute approximate surface area is 118 Å². The Morgan fingerprint density at radius 3 is 2.85 bits per heavy atom. The summed E-state index contributed by atoms with van der Waals surface area (Å²) in [5.74, 6) is -0.368. The van der Waals surface area contributed by atoms with Crippen LogP contribution in [-0.4, -0.2) is 30.4 Å². The fraction of sp³-hybridized carbons (Fsp3) is 0.600. The zero-order valence-electron chi connectivity index (χ0n) is 12.3. The Morgan fingerprint density at radius 1 is 1.50 bits per heavy atom. The van der Waals surface area contributed by atoms with E-state index >= 15 is 0 Å². The van der Waals surface area contributed by atoms with Crippen LogP contribution in [0.1, 0.15) is 47.4 Å². The fourth-order valence-corrected chi connectivity index (χ4v) is 2.79. The lowest BCUT2D eigenvalue weighted by Crippen LogP contribution is -2.33. The van der Waals surface area contributed by atoms with E-state index in [9.17, 15) is 9.59 Å². The van der Waals surface area contributed by atoms with E-state index < -0.39 is 0 Å². The highest BCUT2D eigenvalue weighted by molar-refractivity contribution is 5.92. The number of ether oxygens (including phenoxy) is 2. The first-order valence-corrected chi connectivity index (χ1v) is 7.03. The number of carbonyl (C=O) groups excluding carboxylic acids is 1. The third kappa shape index (κ3) is 2.77. The highest BCUT2D eigenvalue weighted by Crippen LogP contribution is 2.22. The van der Waals surface area contributed by atoms with Gasteiger partial charge in [-0.1, -0.05) is 0 Å². The highest BCUT2D eigenvalue weighted by atomic mass is 16.5. The predicted octanol–water partition coefficient (Wildman–Crippen LogP) is 1.99. The Morgan fingerprint density at radius 2 is 2.25 bits per heavy atom. The standard InChI is InChI=1S/C15H21NO4/c1-4-20-15(18)14-10(2)8-13(17)16(11(14)3)12-6-5-7-19-9-12/h8,12H,4-7,9H2,1-3H3. The molecule has 110 valence electrons. The van der Waals surface area contributed by atoms with Crippen LogP contribution in [0.2, 0.25) is 0 Å². The van der Waals surface area contributed by atoms with Gasteiger partial charge < -0.3 is 14.0 Å². The van der Waals surface area contributed by atoms with Crippen LogP contribution in [0.5, 0.6) is 0 Å². The number of aryl methyl sites for hydroxylation is 1. The van der Waals surface area contributed by atoms with Crippen LogP contribution in [0.15, 0.2) is 10.9 Å². The Hall–Kier alpha value is -1.62. The summed E-state index contributed by atoms with van der Waals surface area (Å²) in [6.07, 6.45) is 1.82. The largest absolute Gasteiger partial charge is 0.462 e. The summed E-state index contributed by atoms with van der Waals surface area (Å²) >= 11 is 0. The minimum Gasteiger partial charge on any atom is -0.462 e. The first-order chi connectivity index (χ1) is 9.56. The molecule has 1 saturated heterocycles. The van der Waals surface area contributed by atoms with Gasteiger partial charge in [-0.25, -0.2) is 4.79 Å². The lowest BCUT2D eigenvalue weighted by atomic mass is 10.0. The van der Waals surface area contributed by atoms with Crippen LogP contribution in [-0.2, 0) is 9.47 Å². The van der Waals surface area contributed by atoms with Crippen LogP contribution in [0.4, 0.5) is 0 Å². The van der Waals surface area contributed by atoms with Crippen molar-refractivity contribution in [2.45, 2.75) is 39.7 Å². The molecular weight excluding hydrogens is 258 g/mol. The van der Waals surface area contributed by atoms with Crippen molar-refractivity contribution in [1.29, 1.82) is 0 Å². The van der Waals surface area contributed by atoms with Gasteiger partial charge in [0.2, 0.25) is 0 Å². The van der Waals surface area contributed by atoms with Gasteiger partial charge in [0.05, 0.1) is 24.8 Å². The molecule has 1 atom stereocenters. The van der Waals surface area contributed by atoms with Gasteiger partial charge in [-0.3, -0.25) is 4.79 Å². The summed E-state index contributed by atoms with van der Waals surface area (Å²) in [6, 6.07) is 1.51. The van der Waals surface area contributed by atoms with Gasteiger partial charge in [0.25, 0.3) is 5.56 Å². The van der Waals surface area contributed by atoms with Gasteiger partial charge in [-0.2, -0.15) is 0 Å². The summed E-state index contributed by atoms with van der Waals surface area (Å²) in [6.45, 7) is 6.92. The maximum atomic E-state index is 12.2. The second kappa shape index (κ2) is 6.22. The van der Waals surface area contributed by atoms with E-state index in [2.05, 4.69) is 0 Å². The molecule has 2 heterocycles. The highest BCUT2D eigenvalue weighted by Gasteiger charge is 2.23. The van der Waals surface area contributed by atoms with Crippen molar-refractivity contribution in [2.24, 2.45) is 0 Å². The fourth-order valence-electron chi connectivity index (χ4n) is 2.79. The average molecular weight is 279 g/mol. The topological polar surface area (TPSA) is 57.5 Å². The Balaban J connectivity index is 2.49. The SMILES string of the molecule is CCOC(=O)c1c(C)cc(=O)n(C2CCCOC2)c1C. The number of nitrogens with zero attached hydrogens (tertiary/aromatic N) is 1. The third-order valence-corrected chi connectivity index (χ3v) is 3.68. The van der Waals surface area contributed by atoms with Gasteiger partial charge in [0.15, 0.2) is 0 Å². The molecule has 1 fully saturated rings. The van der Waals surface area contributed by atoms with Crippen molar-refractivity contribution >= 4 is 5.97 Å². The Kier molecular flexibility index (Phi) is 4.60. The van der Waals surface area contributed by atoms with E-state index in [1.165, 1.54) is 6.07 Å². The van der Waals surface area contributed by atoms with Crippen LogP contribution in [0.25, 0.3) is 0 Å². The number of esters is 1. The predicted molar refractivity (Wildman–Crippen MR) is 75.2 cm³/mol. The van der Waals surface area contributed by atoms with E-state index in [-0.39, 0.29) is 17.6 Å². The maximum Gasteiger partial charge on any atom is 0.340 e. The van der Waals surface area contributed by atoms with Crippen molar-refractivity contribution in [1.82, 2.24) is 4.57 Å². The Bertz CT molecular complexity index is 556. The first-order valence-electron chi connectivity index (χ1n) is 7.03. The van der Waals surface area contributed by atoms with Crippen LogP contribution < -0.4 is 5.56 Å². The van der Waals surface area contributed by atoms with Crippen LogP contribution in [0, 0.1) is 13.8 Å². The minimum absolute atomic E-state index is 0.00465. The minimum atomic E-state index is -0.368. The molecule has 0 saturated carbocycles. The molecule has 5 nitrogen and oxygen atoms in total. The molecule has 2 rings (SSSR count). The van der Waals surface area contributed by atoms with Crippen molar-refractivity contribution in [3.63, 3.8) is 0 Å². The molecule has 0 radical (unpaired) electrons. The average Bonchev–Trinajstić information content (AvgIpc) is 2.39. The summed E-state index contributed by atoms with van der Waals surface area (Å²) in [4.78, 5) is 24.3. The smallest absolute Gasteiger partial charge is 0.340 e. The molecular formula is C15H21NO4. The van der Waals surface area contributed by atoms with Crippen LogP contribution >= 0.6 is 0 Å². The summed E-state index contributed by atoms with van der Waals surface area (Å²) in [7, 11) is 0. The van der Waals surface area contributed by atoms with Gasteiger partial charge in [-0.05, 0) is 39.2 Å². The van der Waals surface area contributed by atoms with Crippen molar-refractivity contribution in [2.75, 3.05) is 19.8 Å². The van der Waals surface area contributed by atoms with E-state index in [0.717, 1.165) is 19.4 Å². The van der Waals surface area contributed by atoms with Gasteiger partial charge in [0.1, 0.15) is 0 Å². The molecule has 0 bridgehead atoms. The van der Waals surface area contributed by atoms with Crippen molar-refractivity contribution in [3.05, 3.63) is 33.2 Å². The number of hydrogen-bond acceptors (Lipinski definition) is 4. The molecule has 1 aliphatic rings. The molecule has 5 heteroatoms. The second-order valence-electron chi connectivity index (χ2n) is 5.09. The van der Waals surface area contributed by atoms with Gasteiger partial charge >= 0.3 is 5.97 Å². The molecule has 1 aromatic heterocycles. The van der Waals surface area contributed by atoms with Crippen LogP contribution in [0.3, 0.4) is 0 Å².